The Balaban J connectivity index is 0.000000532. The smallest absolute Gasteiger partial charge is 0.490 e. The number of carbonyl (C=O) groups excluding carboxylic acids is 1. The van der Waals surface area contributed by atoms with Gasteiger partial charge in [0.1, 0.15) is 11.6 Å². The van der Waals surface area contributed by atoms with Crippen molar-refractivity contribution in [2.75, 3.05) is 19.0 Å². The Kier molecular flexibility index (Phi) is 9.91. The van der Waals surface area contributed by atoms with Gasteiger partial charge in [0, 0.05) is 30.5 Å². The van der Waals surface area contributed by atoms with Crippen LogP contribution in [-0.4, -0.2) is 57.4 Å². The number of carbonyl (C=O) groups is 2. The number of alkyl halides is 3. The number of aryl methyl sites for hydroxylation is 2. The molecule has 1 atom stereocenters. The van der Waals surface area contributed by atoms with Crippen molar-refractivity contribution >= 4 is 17.7 Å². The van der Waals surface area contributed by atoms with Crippen molar-refractivity contribution < 1.29 is 37.0 Å². The van der Waals surface area contributed by atoms with Crippen LogP contribution in [0.3, 0.4) is 0 Å². The number of carboxylic acids is 1. The molecule has 0 radical (unpaired) electrons. The Morgan fingerprint density at radius 2 is 1.90 bits per heavy atom. The Bertz CT molecular complexity index is 1280. The molecule has 210 valence electrons. The lowest BCUT2D eigenvalue weighted by molar-refractivity contribution is -0.192. The molecule has 2 N–H and O–H groups in total. The van der Waals surface area contributed by atoms with Crippen molar-refractivity contribution in [3.8, 4) is 11.4 Å². The van der Waals surface area contributed by atoms with E-state index < -0.39 is 12.1 Å². The number of rotatable bonds is 6. The van der Waals surface area contributed by atoms with Gasteiger partial charge in [0.2, 0.25) is 0 Å². The van der Waals surface area contributed by atoms with E-state index >= 15 is 0 Å². The Hall–Kier alpha value is -4.09. The summed E-state index contributed by atoms with van der Waals surface area (Å²) < 4.78 is 53.2. The minimum Gasteiger partial charge on any atom is -0.494 e. The number of carboxylic acid groups (broad SMARTS) is 1. The number of amides is 2. The molecular formula is C27H30F4N4O4. The highest BCUT2D eigenvalue weighted by atomic mass is 19.4. The Labute approximate surface area is 223 Å². The molecule has 0 bridgehead atoms. The monoisotopic (exact) mass is 550 g/mol. The van der Waals surface area contributed by atoms with Crippen molar-refractivity contribution in [3.63, 3.8) is 0 Å². The molecule has 1 saturated heterocycles. The minimum atomic E-state index is -5.08. The molecule has 12 heteroatoms. The summed E-state index contributed by atoms with van der Waals surface area (Å²) in [7, 11) is 1.61. The van der Waals surface area contributed by atoms with Gasteiger partial charge in [-0.2, -0.15) is 13.2 Å². The number of benzene rings is 2. The standard InChI is InChI=1S/C25H29FN4O2.C2HF3O2/c1-18-16-29(17-27-18)23-13-11-20(15-24(23)32-2)28-25(31)30-14-6-5-8-21(30)12-10-19-7-3-4-9-22(19)26;3-2(4,5)1(6)7/h3-4,7,9,11,13,15-17,21H,5-6,8,10,12,14H2,1-2H3,(H,28,31);(H,6,7). The summed E-state index contributed by atoms with van der Waals surface area (Å²) >= 11 is 0. The highest BCUT2D eigenvalue weighted by Gasteiger charge is 2.38. The number of imidazole rings is 1. The Morgan fingerprint density at radius 1 is 1.18 bits per heavy atom. The predicted octanol–water partition coefficient (Wildman–Crippen LogP) is 5.98. The molecule has 1 aromatic heterocycles. The van der Waals surface area contributed by atoms with Crippen LogP contribution in [0.1, 0.15) is 36.9 Å². The zero-order chi connectivity index (χ0) is 28.6. The molecular weight excluding hydrogens is 520 g/mol. The topological polar surface area (TPSA) is 96.7 Å². The third-order valence-corrected chi connectivity index (χ3v) is 6.26. The minimum absolute atomic E-state index is 0.0958. The number of aromatic nitrogens is 2. The summed E-state index contributed by atoms with van der Waals surface area (Å²) in [5.74, 6) is -2.29. The summed E-state index contributed by atoms with van der Waals surface area (Å²) in [6.07, 6.45) is 2.93. The molecule has 2 heterocycles. The van der Waals surface area contributed by atoms with Crippen LogP contribution in [-0.2, 0) is 11.2 Å². The molecule has 1 fully saturated rings. The van der Waals surface area contributed by atoms with E-state index in [2.05, 4.69) is 10.3 Å². The SMILES string of the molecule is COc1cc(NC(=O)N2CCCCC2CCc2ccccc2F)ccc1-n1cnc(C)c1.O=C(O)C(F)(F)F. The molecule has 2 aromatic carbocycles. The number of ether oxygens (including phenoxy) is 1. The first-order valence-electron chi connectivity index (χ1n) is 12.3. The maximum Gasteiger partial charge on any atom is 0.490 e. The number of urea groups is 1. The van der Waals surface area contributed by atoms with Gasteiger partial charge in [0.25, 0.3) is 0 Å². The van der Waals surface area contributed by atoms with Gasteiger partial charge in [0.15, 0.2) is 0 Å². The molecule has 0 spiro atoms. The number of hydrogen-bond acceptors (Lipinski definition) is 4. The van der Waals surface area contributed by atoms with E-state index in [0.29, 0.717) is 30.0 Å². The van der Waals surface area contributed by atoms with Crippen LogP contribution in [0.5, 0.6) is 5.75 Å². The molecule has 3 aromatic rings. The number of likely N-dealkylation sites (tertiary alicyclic amines) is 1. The first kappa shape index (κ1) is 29.5. The third-order valence-electron chi connectivity index (χ3n) is 6.26. The number of hydrogen-bond donors (Lipinski definition) is 2. The number of aliphatic carboxylic acids is 1. The first-order valence-corrected chi connectivity index (χ1v) is 12.3. The van der Waals surface area contributed by atoms with Crippen molar-refractivity contribution in [3.05, 3.63) is 72.1 Å². The summed E-state index contributed by atoms with van der Waals surface area (Å²) in [6.45, 7) is 2.64. The van der Waals surface area contributed by atoms with Crippen LogP contribution in [0, 0.1) is 12.7 Å². The molecule has 39 heavy (non-hydrogen) atoms. The summed E-state index contributed by atoms with van der Waals surface area (Å²) in [5, 5.41) is 10.1. The van der Waals surface area contributed by atoms with E-state index in [1.165, 1.54) is 6.07 Å². The second kappa shape index (κ2) is 13.1. The average Bonchev–Trinajstić information content (AvgIpc) is 3.34. The first-order chi connectivity index (χ1) is 18.5. The van der Waals surface area contributed by atoms with Crippen LogP contribution in [0.25, 0.3) is 5.69 Å². The molecule has 1 unspecified atom stereocenters. The predicted molar refractivity (Wildman–Crippen MR) is 137 cm³/mol. The molecule has 1 aliphatic rings. The van der Waals surface area contributed by atoms with Crippen molar-refractivity contribution in [2.45, 2.75) is 51.2 Å². The van der Waals surface area contributed by atoms with Gasteiger partial charge >= 0.3 is 18.2 Å². The fourth-order valence-electron chi connectivity index (χ4n) is 4.31. The van der Waals surface area contributed by atoms with Crippen molar-refractivity contribution in [1.82, 2.24) is 14.5 Å². The molecule has 2 amide bonds. The molecule has 1 aliphatic heterocycles. The van der Waals surface area contributed by atoms with Gasteiger partial charge < -0.3 is 24.6 Å². The van der Waals surface area contributed by atoms with Crippen molar-refractivity contribution in [1.29, 1.82) is 0 Å². The summed E-state index contributed by atoms with van der Waals surface area (Å²) in [5.41, 5.74) is 3.14. The second-order valence-corrected chi connectivity index (χ2v) is 9.02. The maximum absolute atomic E-state index is 14.0. The number of nitrogens with zero attached hydrogens (tertiary/aromatic N) is 3. The second-order valence-electron chi connectivity index (χ2n) is 9.02. The molecule has 4 rings (SSSR count). The van der Waals surface area contributed by atoms with Crippen LogP contribution < -0.4 is 10.1 Å². The molecule has 0 aliphatic carbocycles. The number of anilines is 1. The van der Waals surface area contributed by atoms with Gasteiger partial charge in [-0.1, -0.05) is 18.2 Å². The van der Waals surface area contributed by atoms with Crippen molar-refractivity contribution in [2.24, 2.45) is 0 Å². The number of methoxy groups -OCH3 is 1. The van der Waals surface area contributed by atoms with Crippen LogP contribution in [0.15, 0.2) is 55.0 Å². The molecule has 8 nitrogen and oxygen atoms in total. The van der Waals surface area contributed by atoms with E-state index in [1.54, 1.807) is 19.5 Å². The number of piperidine rings is 1. The summed E-state index contributed by atoms with van der Waals surface area (Å²) in [4.78, 5) is 28.1. The quantitative estimate of drug-likeness (QED) is 0.368. The summed E-state index contributed by atoms with van der Waals surface area (Å²) in [6, 6.07) is 12.4. The zero-order valence-electron chi connectivity index (χ0n) is 21.5. The fraction of sp³-hybridized carbons (Fsp3) is 0.370. The lowest BCUT2D eigenvalue weighted by Crippen LogP contribution is -2.46. The third kappa shape index (κ3) is 8.20. The largest absolute Gasteiger partial charge is 0.494 e. The van der Waals surface area contributed by atoms with Gasteiger partial charge in [0.05, 0.1) is 24.8 Å². The van der Waals surface area contributed by atoms with E-state index in [4.69, 9.17) is 14.6 Å². The van der Waals surface area contributed by atoms with Gasteiger partial charge in [-0.3, -0.25) is 0 Å². The fourth-order valence-corrected chi connectivity index (χ4v) is 4.31. The zero-order valence-corrected chi connectivity index (χ0v) is 21.5. The Morgan fingerprint density at radius 3 is 2.51 bits per heavy atom. The maximum atomic E-state index is 14.0. The normalized spacial score (nSPS) is 15.2. The van der Waals surface area contributed by atoms with Gasteiger partial charge in [-0.15, -0.1) is 0 Å². The number of nitrogens with one attached hydrogen (secondary N) is 1. The van der Waals surface area contributed by atoms with Crippen LogP contribution in [0.4, 0.5) is 28.0 Å². The van der Waals surface area contributed by atoms with E-state index in [-0.39, 0.29) is 17.9 Å². The number of halogens is 4. The highest BCUT2D eigenvalue weighted by Crippen LogP contribution is 2.28. The van der Waals surface area contributed by atoms with Crippen LogP contribution >= 0.6 is 0 Å². The average molecular weight is 551 g/mol. The highest BCUT2D eigenvalue weighted by molar-refractivity contribution is 5.90. The lowest BCUT2D eigenvalue weighted by Gasteiger charge is -2.36. The van der Waals surface area contributed by atoms with E-state index in [0.717, 1.165) is 37.1 Å². The van der Waals surface area contributed by atoms with Gasteiger partial charge in [-0.05, 0) is 62.8 Å². The van der Waals surface area contributed by atoms with E-state index in [1.807, 2.05) is 52.9 Å². The van der Waals surface area contributed by atoms with E-state index in [9.17, 15) is 22.4 Å². The molecule has 0 saturated carbocycles. The van der Waals surface area contributed by atoms with Gasteiger partial charge in [-0.25, -0.2) is 19.0 Å². The lowest BCUT2D eigenvalue weighted by atomic mass is 9.96. The van der Waals surface area contributed by atoms with Crippen LogP contribution in [0.2, 0.25) is 0 Å².